The first-order valence-corrected chi connectivity index (χ1v) is 5.25. The van der Waals surface area contributed by atoms with Gasteiger partial charge in [-0.3, -0.25) is 0 Å². The minimum Gasteiger partial charge on any atom is -0.378 e. The van der Waals surface area contributed by atoms with Gasteiger partial charge in [0, 0.05) is 25.7 Å². The number of benzene rings is 1. The van der Waals surface area contributed by atoms with E-state index in [-0.39, 0.29) is 0 Å². The van der Waals surface area contributed by atoms with Gasteiger partial charge in [-0.1, -0.05) is 13.8 Å². The maximum atomic E-state index is 4.54. The number of aromatic amines is 1. The number of nitrogens with zero attached hydrogens (tertiary/aromatic N) is 2. The van der Waals surface area contributed by atoms with Crippen LogP contribution in [0, 0.1) is 0 Å². The van der Waals surface area contributed by atoms with Gasteiger partial charge in [0.25, 0.3) is 0 Å². The molecule has 0 bridgehead atoms. The third-order valence-electron chi connectivity index (χ3n) is 2.55. The van der Waals surface area contributed by atoms with Crippen molar-refractivity contribution >= 4 is 16.7 Å². The third kappa shape index (κ3) is 1.82. The maximum Gasteiger partial charge on any atom is 0.109 e. The molecule has 0 unspecified atom stereocenters. The summed E-state index contributed by atoms with van der Waals surface area (Å²) in [6.07, 6.45) is 0. The molecule has 1 N–H and O–H groups in total. The summed E-state index contributed by atoms with van der Waals surface area (Å²) >= 11 is 0. The minimum absolute atomic E-state index is 0.445. The molecule has 0 saturated heterocycles. The smallest absolute Gasteiger partial charge is 0.109 e. The molecule has 3 heteroatoms. The fourth-order valence-corrected chi connectivity index (χ4v) is 1.57. The Morgan fingerprint density at radius 2 is 2.00 bits per heavy atom. The number of H-pyrrole nitrogens is 1. The van der Waals surface area contributed by atoms with Crippen LogP contribution in [-0.4, -0.2) is 24.1 Å². The summed E-state index contributed by atoms with van der Waals surface area (Å²) in [5, 5.41) is 0. The normalized spacial score (nSPS) is 11.3. The standard InChI is InChI=1S/C12H17N3/c1-8(2)12-13-10-6-5-9(15(3)4)7-11(10)14-12/h5-8H,1-4H3,(H,13,14). The van der Waals surface area contributed by atoms with Crippen molar-refractivity contribution in [3.05, 3.63) is 24.0 Å². The molecule has 15 heavy (non-hydrogen) atoms. The molecule has 0 amide bonds. The number of aromatic nitrogens is 2. The van der Waals surface area contributed by atoms with Gasteiger partial charge in [-0.05, 0) is 18.2 Å². The molecular weight excluding hydrogens is 186 g/mol. The van der Waals surface area contributed by atoms with Crippen molar-refractivity contribution in [1.29, 1.82) is 0 Å². The Balaban J connectivity index is 2.52. The molecule has 2 aromatic rings. The van der Waals surface area contributed by atoms with Gasteiger partial charge in [0.15, 0.2) is 0 Å². The minimum atomic E-state index is 0.445. The van der Waals surface area contributed by atoms with E-state index in [9.17, 15) is 0 Å². The van der Waals surface area contributed by atoms with E-state index in [2.05, 4.69) is 46.9 Å². The Kier molecular flexibility index (Phi) is 2.39. The van der Waals surface area contributed by atoms with Gasteiger partial charge in [0.2, 0.25) is 0 Å². The Labute approximate surface area is 90.1 Å². The molecule has 0 spiro atoms. The lowest BCUT2D eigenvalue weighted by Crippen LogP contribution is -2.07. The Morgan fingerprint density at radius 3 is 2.60 bits per heavy atom. The molecule has 1 aromatic heterocycles. The van der Waals surface area contributed by atoms with Gasteiger partial charge in [-0.2, -0.15) is 0 Å². The van der Waals surface area contributed by atoms with Crippen molar-refractivity contribution in [3.63, 3.8) is 0 Å². The number of hydrogen-bond acceptors (Lipinski definition) is 2. The maximum absolute atomic E-state index is 4.54. The fourth-order valence-electron chi connectivity index (χ4n) is 1.57. The molecule has 1 heterocycles. The van der Waals surface area contributed by atoms with Crippen LogP contribution in [0.25, 0.3) is 11.0 Å². The average Bonchev–Trinajstić information content (AvgIpc) is 2.59. The predicted molar refractivity (Wildman–Crippen MR) is 64.5 cm³/mol. The number of anilines is 1. The molecular formula is C12H17N3. The van der Waals surface area contributed by atoms with Crippen molar-refractivity contribution in [2.24, 2.45) is 0 Å². The first-order chi connectivity index (χ1) is 7.08. The summed E-state index contributed by atoms with van der Waals surface area (Å²) in [4.78, 5) is 9.98. The highest BCUT2D eigenvalue weighted by molar-refractivity contribution is 5.79. The van der Waals surface area contributed by atoms with E-state index in [1.807, 2.05) is 14.1 Å². The zero-order valence-corrected chi connectivity index (χ0v) is 9.70. The Morgan fingerprint density at radius 1 is 1.27 bits per heavy atom. The number of rotatable bonds is 2. The highest BCUT2D eigenvalue weighted by Crippen LogP contribution is 2.21. The molecule has 0 aliphatic heterocycles. The quantitative estimate of drug-likeness (QED) is 0.813. The summed E-state index contributed by atoms with van der Waals surface area (Å²) in [6.45, 7) is 4.29. The lowest BCUT2D eigenvalue weighted by atomic mass is 10.2. The number of hydrogen-bond donors (Lipinski definition) is 1. The highest BCUT2D eigenvalue weighted by atomic mass is 15.1. The van der Waals surface area contributed by atoms with Gasteiger partial charge < -0.3 is 9.88 Å². The molecule has 0 radical (unpaired) electrons. The molecule has 80 valence electrons. The molecule has 0 aliphatic rings. The molecule has 3 nitrogen and oxygen atoms in total. The zero-order chi connectivity index (χ0) is 11.0. The second-order valence-electron chi connectivity index (χ2n) is 4.37. The van der Waals surface area contributed by atoms with Gasteiger partial charge in [0.05, 0.1) is 11.0 Å². The number of fused-ring (bicyclic) bond motifs is 1. The molecule has 0 saturated carbocycles. The van der Waals surface area contributed by atoms with Gasteiger partial charge in [-0.15, -0.1) is 0 Å². The van der Waals surface area contributed by atoms with Crippen LogP contribution < -0.4 is 4.90 Å². The van der Waals surface area contributed by atoms with Crippen LogP contribution in [0.5, 0.6) is 0 Å². The monoisotopic (exact) mass is 203 g/mol. The second kappa shape index (κ2) is 3.57. The lowest BCUT2D eigenvalue weighted by Gasteiger charge is -2.11. The predicted octanol–water partition coefficient (Wildman–Crippen LogP) is 2.75. The van der Waals surface area contributed by atoms with Crippen molar-refractivity contribution < 1.29 is 0 Å². The summed E-state index contributed by atoms with van der Waals surface area (Å²) in [7, 11) is 4.09. The molecule has 2 rings (SSSR count). The van der Waals surface area contributed by atoms with Crippen LogP contribution in [0.4, 0.5) is 5.69 Å². The molecule has 0 aliphatic carbocycles. The van der Waals surface area contributed by atoms with Gasteiger partial charge in [0.1, 0.15) is 5.82 Å². The topological polar surface area (TPSA) is 31.9 Å². The first-order valence-electron chi connectivity index (χ1n) is 5.25. The summed E-state index contributed by atoms with van der Waals surface area (Å²) in [5.41, 5.74) is 3.36. The highest BCUT2D eigenvalue weighted by Gasteiger charge is 2.06. The zero-order valence-electron chi connectivity index (χ0n) is 9.70. The molecule has 1 aromatic carbocycles. The van der Waals surface area contributed by atoms with Crippen LogP contribution in [-0.2, 0) is 0 Å². The molecule has 0 atom stereocenters. The van der Waals surface area contributed by atoms with Crippen molar-refractivity contribution in [3.8, 4) is 0 Å². The SMILES string of the molecule is CC(C)c1nc2ccc(N(C)C)cc2[nH]1. The third-order valence-corrected chi connectivity index (χ3v) is 2.55. The van der Waals surface area contributed by atoms with E-state index in [1.165, 1.54) is 5.69 Å². The van der Waals surface area contributed by atoms with Crippen molar-refractivity contribution in [1.82, 2.24) is 9.97 Å². The summed E-state index contributed by atoms with van der Waals surface area (Å²) < 4.78 is 0. The lowest BCUT2D eigenvalue weighted by molar-refractivity contribution is 0.799. The molecule has 0 fully saturated rings. The van der Waals surface area contributed by atoms with E-state index < -0.39 is 0 Å². The Bertz CT molecular complexity index is 463. The van der Waals surface area contributed by atoms with Gasteiger partial charge >= 0.3 is 0 Å². The van der Waals surface area contributed by atoms with E-state index >= 15 is 0 Å². The van der Waals surface area contributed by atoms with Crippen LogP contribution >= 0.6 is 0 Å². The summed E-state index contributed by atoms with van der Waals surface area (Å²) in [6, 6.07) is 6.29. The van der Waals surface area contributed by atoms with E-state index in [4.69, 9.17) is 0 Å². The van der Waals surface area contributed by atoms with Crippen LogP contribution in [0.15, 0.2) is 18.2 Å². The van der Waals surface area contributed by atoms with E-state index in [0.717, 1.165) is 16.9 Å². The van der Waals surface area contributed by atoms with Crippen molar-refractivity contribution in [2.45, 2.75) is 19.8 Å². The average molecular weight is 203 g/mol. The van der Waals surface area contributed by atoms with Crippen LogP contribution in [0.3, 0.4) is 0 Å². The van der Waals surface area contributed by atoms with Crippen LogP contribution in [0.1, 0.15) is 25.6 Å². The largest absolute Gasteiger partial charge is 0.378 e. The first kappa shape index (κ1) is 10.0. The van der Waals surface area contributed by atoms with Crippen molar-refractivity contribution in [2.75, 3.05) is 19.0 Å². The number of imidazole rings is 1. The number of nitrogens with one attached hydrogen (secondary N) is 1. The van der Waals surface area contributed by atoms with E-state index in [0.29, 0.717) is 5.92 Å². The van der Waals surface area contributed by atoms with Crippen LogP contribution in [0.2, 0.25) is 0 Å². The van der Waals surface area contributed by atoms with Gasteiger partial charge in [-0.25, -0.2) is 4.98 Å². The van der Waals surface area contributed by atoms with E-state index in [1.54, 1.807) is 0 Å². The summed E-state index contributed by atoms with van der Waals surface area (Å²) in [5.74, 6) is 1.50. The second-order valence-corrected chi connectivity index (χ2v) is 4.37. The Hall–Kier alpha value is -1.51. The fraction of sp³-hybridized carbons (Fsp3) is 0.417.